The number of nitrogens with zero attached hydrogens (tertiary/aromatic N) is 1. The van der Waals surface area contributed by atoms with Crippen LogP contribution in [-0.2, 0) is 0 Å². The van der Waals surface area contributed by atoms with Crippen molar-refractivity contribution in [2.45, 2.75) is 6.92 Å². The van der Waals surface area contributed by atoms with Gasteiger partial charge >= 0.3 is 0 Å². The van der Waals surface area contributed by atoms with Gasteiger partial charge in [-0.25, -0.2) is 0 Å². The van der Waals surface area contributed by atoms with Crippen molar-refractivity contribution in [1.29, 1.82) is 0 Å². The minimum absolute atomic E-state index is 0.648. The first-order valence-electron chi connectivity index (χ1n) is 7.70. The van der Waals surface area contributed by atoms with E-state index in [1.54, 1.807) is 0 Å². The Labute approximate surface area is 143 Å². The van der Waals surface area contributed by atoms with Crippen molar-refractivity contribution in [3.8, 4) is 11.4 Å². The maximum Gasteiger partial charge on any atom is 0.135 e. The van der Waals surface area contributed by atoms with E-state index in [0.717, 1.165) is 21.4 Å². The fourth-order valence-electron chi connectivity index (χ4n) is 3.09. The molecule has 0 saturated heterocycles. The molecule has 0 fully saturated rings. The third-order valence-corrected chi connectivity index (χ3v) is 4.66. The normalized spacial score (nSPS) is 11.2. The van der Waals surface area contributed by atoms with Crippen molar-refractivity contribution in [3.63, 3.8) is 0 Å². The van der Waals surface area contributed by atoms with Crippen molar-refractivity contribution < 1.29 is 4.74 Å². The highest BCUT2D eigenvalue weighted by atomic mass is 79.9. The second kappa shape index (κ2) is 5.74. The van der Waals surface area contributed by atoms with E-state index < -0.39 is 0 Å². The molecule has 0 radical (unpaired) electrons. The Balaban J connectivity index is 2.14. The highest BCUT2D eigenvalue weighted by molar-refractivity contribution is 9.10. The van der Waals surface area contributed by atoms with Gasteiger partial charge in [0.15, 0.2) is 0 Å². The summed E-state index contributed by atoms with van der Waals surface area (Å²) >= 11 is 3.64. The number of aromatic nitrogens is 1. The summed E-state index contributed by atoms with van der Waals surface area (Å²) in [5, 5.41) is 2.47. The van der Waals surface area contributed by atoms with E-state index >= 15 is 0 Å². The lowest BCUT2D eigenvalue weighted by Crippen LogP contribution is -1.95. The smallest absolute Gasteiger partial charge is 0.135 e. The Kier molecular flexibility index (Phi) is 3.58. The zero-order valence-electron chi connectivity index (χ0n) is 12.8. The lowest BCUT2D eigenvalue weighted by molar-refractivity contribution is 0.338. The van der Waals surface area contributed by atoms with E-state index in [2.05, 4.69) is 81.2 Å². The third kappa shape index (κ3) is 2.32. The quantitative estimate of drug-likeness (QED) is 0.437. The zero-order valence-corrected chi connectivity index (χ0v) is 14.4. The standard InChI is InChI=1S/C20H16BrNO/c1-2-23-20-13-19-16(12-17(20)21)15-10-6-7-11-18(15)22(19)14-8-4-3-5-9-14/h3-13H,2H2,1H3. The number of benzene rings is 3. The molecular weight excluding hydrogens is 350 g/mol. The first kappa shape index (κ1) is 14.3. The average Bonchev–Trinajstić information content (AvgIpc) is 2.90. The Bertz CT molecular complexity index is 989. The van der Waals surface area contributed by atoms with Crippen LogP contribution < -0.4 is 4.74 Å². The summed E-state index contributed by atoms with van der Waals surface area (Å²) in [5.74, 6) is 0.875. The first-order chi connectivity index (χ1) is 11.3. The lowest BCUT2D eigenvalue weighted by atomic mass is 10.1. The molecular formula is C20H16BrNO. The molecule has 114 valence electrons. The van der Waals surface area contributed by atoms with Crippen LogP contribution in [0.3, 0.4) is 0 Å². The number of hydrogen-bond acceptors (Lipinski definition) is 1. The minimum Gasteiger partial charge on any atom is -0.493 e. The largest absolute Gasteiger partial charge is 0.493 e. The molecule has 1 aromatic heterocycles. The van der Waals surface area contributed by atoms with Crippen molar-refractivity contribution in [2.24, 2.45) is 0 Å². The SMILES string of the molecule is CCOc1cc2c(cc1Br)c1ccccc1n2-c1ccccc1. The van der Waals surface area contributed by atoms with Gasteiger partial charge < -0.3 is 9.30 Å². The number of halogens is 1. The summed E-state index contributed by atoms with van der Waals surface area (Å²) < 4.78 is 9.05. The molecule has 1 heterocycles. The Morgan fingerprint density at radius 1 is 0.870 bits per heavy atom. The van der Waals surface area contributed by atoms with Gasteiger partial charge in [-0.05, 0) is 47.1 Å². The molecule has 3 heteroatoms. The number of para-hydroxylation sites is 2. The van der Waals surface area contributed by atoms with Crippen molar-refractivity contribution in [2.75, 3.05) is 6.61 Å². The molecule has 0 aliphatic rings. The van der Waals surface area contributed by atoms with Gasteiger partial charge in [-0.15, -0.1) is 0 Å². The molecule has 4 aromatic rings. The van der Waals surface area contributed by atoms with E-state index in [9.17, 15) is 0 Å². The number of fused-ring (bicyclic) bond motifs is 3. The van der Waals surface area contributed by atoms with Crippen molar-refractivity contribution in [1.82, 2.24) is 4.57 Å². The predicted octanol–water partition coefficient (Wildman–Crippen LogP) is 5.94. The molecule has 0 aliphatic heterocycles. The average molecular weight is 366 g/mol. The molecule has 3 aromatic carbocycles. The first-order valence-corrected chi connectivity index (χ1v) is 8.50. The van der Waals surface area contributed by atoms with E-state index in [1.165, 1.54) is 16.3 Å². The number of ether oxygens (including phenoxy) is 1. The van der Waals surface area contributed by atoms with Gasteiger partial charge in [-0.3, -0.25) is 0 Å². The van der Waals surface area contributed by atoms with Crippen LogP contribution in [0.5, 0.6) is 5.75 Å². The van der Waals surface area contributed by atoms with Gasteiger partial charge in [-0.1, -0.05) is 36.4 Å². The topological polar surface area (TPSA) is 14.2 Å². The third-order valence-electron chi connectivity index (χ3n) is 4.04. The highest BCUT2D eigenvalue weighted by Gasteiger charge is 2.14. The van der Waals surface area contributed by atoms with Gasteiger partial charge in [0.25, 0.3) is 0 Å². The molecule has 0 N–H and O–H groups in total. The number of rotatable bonds is 3. The Morgan fingerprint density at radius 3 is 2.39 bits per heavy atom. The van der Waals surface area contributed by atoms with Crippen molar-refractivity contribution >= 4 is 37.7 Å². The lowest BCUT2D eigenvalue weighted by Gasteiger charge is -2.10. The fourth-order valence-corrected chi connectivity index (χ4v) is 3.55. The summed E-state index contributed by atoms with van der Waals surface area (Å²) in [5.41, 5.74) is 3.52. The Hall–Kier alpha value is -2.26. The molecule has 0 aliphatic carbocycles. The van der Waals surface area contributed by atoms with E-state index in [4.69, 9.17) is 4.74 Å². The van der Waals surface area contributed by atoms with Crippen LogP contribution in [0, 0.1) is 0 Å². The molecule has 0 bridgehead atoms. The van der Waals surface area contributed by atoms with Gasteiger partial charge in [0.2, 0.25) is 0 Å². The molecule has 23 heavy (non-hydrogen) atoms. The van der Waals surface area contributed by atoms with Gasteiger partial charge in [0.1, 0.15) is 5.75 Å². The van der Waals surface area contributed by atoms with Crippen LogP contribution in [0.4, 0.5) is 0 Å². The maximum absolute atomic E-state index is 5.77. The van der Waals surface area contributed by atoms with Crippen LogP contribution in [0.25, 0.3) is 27.5 Å². The van der Waals surface area contributed by atoms with E-state index in [0.29, 0.717) is 6.61 Å². The van der Waals surface area contributed by atoms with Crippen LogP contribution in [0.1, 0.15) is 6.92 Å². The summed E-state index contributed by atoms with van der Waals surface area (Å²) in [7, 11) is 0. The van der Waals surface area contributed by atoms with Gasteiger partial charge in [0.05, 0.1) is 22.1 Å². The summed E-state index contributed by atoms with van der Waals surface area (Å²) in [6, 6.07) is 23.2. The monoisotopic (exact) mass is 365 g/mol. The van der Waals surface area contributed by atoms with E-state index in [-0.39, 0.29) is 0 Å². The second-order valence-electron chi connectivity index (χ2n) is 5.42. The maximum atomic E-state index is 5.77. The minimum atomic E-state index is 0.648. The molecule has 0 amide bonds. The van der Waals surface area contributed by atoms with Gasteiger partial charge in [0, 0.05) is 22.5 Å². The summed E-state index contributed by atoms with van der Waals surface area (Å²) in [4.78, 5) is 0. The Morgan fingerprint density at radius 2 is 1.61 bits per heavy atom. The molecule has 2 nitrogen and oxygen atoms in total. The van der Waals surface area contributed by atoms with Crippen LogP contribution in [0.2, 0.25) is 0 Å². The molecule has 0 saturated carbocycles. The van der Waals surface area contributed by atoms with Crippen LogP contribution >= 0.6 is 15.9 Å². The fraction of sp³-hybridized carbons (Fsp3) is 0.100. The summed E-state index contributed by atoms with van der Waals surface area (Å²) in [6.45, 7) is 2.65. The second-order valence-corrected chi connectivity index (χ2v) is 6.28. The number of hydrogen-bond donors (Lipinski definition) is 0. The van der Waals surface area contributed by atoms with E-state index in [1.807, 2.05) is 13.0 Å². The predicted molar refractivity (Wildman–Crippen MR) is 99.7 cm³/mol. The van der Waals surface area contributed by atoms with Gasteiger partial charge in [-0.2, -0.15) is 0 Å². The van der Waals surface area contributed by atoms with Crippen LogP contribution in [-0.4, -0.2) is 11.2 Å². The van der Waals surface area contributed by atoms with Crippen molar-refractivity contribution in [3.05, 3.63) is 71.2 Å². The summed E-state index contributed by atoms with van der Waals surface area (Å²) in [6.07, 6.45) is 0. The molecule has 0 spiro atoms. The highest BCUT2D eigenvalue weighted by Crippen LogP contribution is 2.37. The van der Waals surface area contributed by atoms with Crippen LogP contribution in [0.15, 0.2) is 71.2 Å². The molecule has 0 unspecified atom stereocenters. The molecule has 4 rings (SSSR count). The molecule has 0 atom stereocenters. The zero-order chi connectivity index (χ0) is 15.8.